The van der Waals surface area contributed by atoms with Gasteiger partial charge in [0.25, 0.3) is 0 Å². The van der Waals surface area contributed by atoms with Crippen LogP contribution in [-0.4, -0.2) is 16.9 Å². The minimum atomic E-state index is 0.606. The van der Waals surface area contributed by atoms with E-state index < -0.39 is 0 Å². The van der Waals surface area contributed by atoms with Gasteiger partial charge in [0.1, 0.15) is 6.61 Å². The summed E-state index contributed by atoms with van der Waals surface area (Å²) in [5.41, 5.74) is 10.4. The summed E-state index contributed by atoms with van der Waals surface area (Å²) in [6, 6.07) is 15.5. The van der Waals surface area contributed by atoms with E-state index in [1.165, 1.54) is 76.5 Å². The van der Waals surface area contributed by atoms with Crippen LogP contribution < -0.4 is 0 Å². The van der Waals surface area contributed by atoms with Crippen molar-refractivity contribution >= 4 is 28.8 Å². The molecule has 0 aliphatic heterocycles. The summed E-state index contributed by atoms with van der Waals surface area (Å²) in [5.74, 6) is 0.846. The van der Waals surface area contributed by atoms with Crippen molar-refractivity contribution in [1.82, 2.24) is 4.57 Å². The lowest BCUT2D eigenvalue weighted by atomic mass is 9.92. The van der Waals surface area contributed by atoms with Crippen LogP contribution in [0.1, 0.15) is 80.3 Å². The average molecular weight is 467 g/mol. The summed E-state index contributed by atoms with van der Waals surface area (Å²) in [7, 11) is 0. The van der Waals surface area contributed by atoms with Crippen molar-refractivity contribution in [3.8, 4) is 0 Å². The molecule has 1 aromatic heterocycles. The highest BCUT2D eigenvalue weighted by molar-refractivity contribution is 6.04. The average Bonchev–Trinajstić information content (AvgIpc) is 3.51. The second kappa shape index (κ2) is 10.7. The van der Waals surface area contributed by atoms with Gasteiger partial charge < -0.3 is 9.40 Å². The van der Waals surface area contributed by atoms with E-state index in [0.717, 1.165) is 31.0 Å². The molecule has 0 atom stereocenters. The summed E-state index contributed by atoms with van der Waals surface area (Å²) >= 11 is 0. The third-order valence-corrected chi connectivity index (χ3v) is 7.80. The monoisotopic (exact) mass is 466 g/mol. The molecule has 0 spiro atoms. The topological polar surface area (TPSA) is 26.5 Å². The Kier molecular flexibility index (Phi) is 7.22. The maximum atomic E-state index is 5.57. The summed E-state index contributed by atoms with van der Waals surface area (Å²) in [5, 5.41) is 5.94. The zero-order valence-electron chi connectivity index (χ0n) is 21.5. The van der Waals surface area contributed by atoms with Gasteiger partial charge in [-0.05, 0) is 80.0 Å². The Bertz CT molecular complexity index is 1280. The molecule has 5 rings (SSSR count). The smallest absolute Gasteiger partial charge is 0.114 e. The van der Waals surface area contributed by atoms with Crippen molar-refractivity contribution in [3.05, 3.63) is 82.1 Å². The van der Waals surface area contributed by atoms with Gasteiger partial charge in [-0.25, -0.2) is 0 Å². The van der Waals surface area contributed by atoms with Crippen LogP contribution in [0.25, 0.3) is 23.1 Å². The predicted molar refractivity (Wildman–Crippen MR) is 149 cm³/mol. The minimum Gasteiger partial charge on any atom is -0.396 e. The highest BCUT2D eigenvalue weighted by atomic mass is 16.6. The van der Waals surface area contributed by atoms with Crippen molar-refractivity contribution in [2.24, 2.45) is 11.1 Å². The molecule has 0 saturated heterocycles. The maximum absolute atomic E-state index is 5.57. The molecule has 0 amide bonds. The number of oxime groups is 1. The first-order chi connectivity index (χ1) is 17.2. The molecule has 1 heterocycles. The molecule has 2 aliphatic rings. The SMILES string of the molecule is CCON=C(CCC1CCCC1)c1ccc2c(c1)c1c(n2CC)C=CC(=Cc2ccccc2C)C1. The number of aryl methyl sites for hydroxylation is 2. The molecular formula is C32H38N2O. The number of fused-ring (bicyclic) bond motifs is 3. The Balaban J connectivity index is 1.51. The van der Waals surface area contributed by atoms with Crippen molar-refractivity contribution in [1.29, 1.82) is 0 Å². The van der Waals surface area contributed by atoms with E-state index in [1.807, 2.05) is 6.92 Å². The quantitative estimate of drug-likeness (QED) is 0.242. The van der Waals surface area contributed by atoms with Crippen molar-refractivity contribution < 1.29 is 4.84 Å². The molecule has 182 valence electrons. The second-order valence-corrected chi connectivity index (χ2v) is 10.1. The maximum Gasteiger partial charge on any atom is 0.114 e. The van der Waals surface area contributed by atoms with Crippen molar-refractivity contribution in [2.75, 3.05) is 6.61 Å². The van der Waals surface area contributed by atoms with Crippen LogP contribution >= 0.6 is 0 Å². The van der Waals surface area contributed by atoms with Crippen molar-refractivity contribution in [3.63, 3.8) is 0 Å². The molecule has 3 heteroatoms. The lowest BCUT2D eigenvalue weighted by Gasteiger charge is -2.13. The van der Waals surface area contributed by atoms with Gasteiger partial charge in [-0.2, -0.15) is 0 Å². The fourth-order valence-corrected chi connectivity index (χ4v) is 5.86. The van der Waals surface area contributed by atoms with Gasteiger partial charge in [-0.15, -0.1) is 0 Å². The molecular weight excluding hydrogens is 428 g/mol. The van der Waals surface area contributed by atoms with Gasteiger partial charge in [0.05, 0.1) is 5.71 Å². The van der Waals surface area contributed by atoms with Crippen LogP contribution in [0, 0.1) is 12.8 Å². The van der Waals surface area contributed by atoms with Gasteiger partial charge in [0.2, 0.25) is 0 Å². The molecule has 0 N–H and O–H groups in total. The van der Waals surface area contributed by atoms with Crippen LogP contribution in [0.3, 0.4) is 0 Å². The molecule has 2 aliphatic carbocycles. The molecule has 0 bridgehead atoms. The highest BCUT2D eigenvalue weighted by Crippen LogP contribution is 2.35. The van der Waals surface area contributed by atoms with Crippen LogP contribution in [0.5, 0.6) is 0 Å². The summed E-state index contributed by atoms with van der Waals surface area (Å²) in [4.78, 5) is 5.57. The molecule has 35 heavy (non-hydrogen) atoms. The minimum absolute atomic E-state index is 0.606. The first-order valence-electron chi connectivity index (χ1n) is 13.5. The van der Waals surface area contributed by atoms with E-state index in [1.54, 1.807) is 0 Å². The summed E-state index contributed by atoms with van der Waals surface area (Å²) in [6.45, 7) is 8.00. The third kappa shape index (κ3) is 5.00. The number of nitrogens with zero attached hydrogens (tertiary/aromatic N) is 2. The van der Waals surface area contributed by atoms with E-state index in [2.05, 4.69) is 84.3 Å². The normalized spacial score (nSPS) is 17.5. The molecule has 3 nitrogen and oxygen atoms in total. The van der Waals surface area contributed by atoms with Crippen molar-refractivity contribution in [2.45, 2.75) is 72.3 Å². The van der Waals surface area contributed by atoms with E-state index in [0.29, 0.717) is 6.61 Å². The number of allylic oxidation sites excluding steroid dienone is 2. The first-order valence-corrected chi connectivity index (χ1v) is 13.5. The Morgan fingerprint density at radius 1 is 1.09 bits per heavy atom. The van der Waals surface area contributed by atoms with E-state index in [-0.39, 0.29) is 0 Å². The Morgan fingerprint density at radius 3 is 2.69 bits per heavy atom. The van der Waals surface area contributed by atoms with Gasteiger partial charge in [-0.1, -0.05) is 73.3 Å². The zero-order chi connectivity index (χ0) is 24.2. The number of hydrogen-bond acceptors (Lipinski definition) is 2. The van der Waals surface area contributed by atoms with Crippen LogP contribution in [0.4, 0.5) is 0 Å². The predicted octanol–water partition coefficient (Wildman–Crippen LogP) is 8.33. The molecule has 0 unspecified atom stereocenters. The van der Waals surface area contributed by atoms with Gasteiger partial charge >= 0.3 is 0 Å². The van der Waals surface area contributed by atoms with Gasteiger partial charge in [-0.3, -0.25) is 0 Å². The van der Waals surface area contributed by atoms with E-state index in [4.69, 9.17) is 4.84 Å². The second-order valence-electron chi connectivity index (χ2n) is 10.1. The molecule has 0 radical (unpaired) electrons. The standard InChI is InChI=1S/C32H38N2O/c1-4-34-31-18-15-25(20-26-13-9-6-10-23(26)3)21-28(31)29-22-27(16-19-32(29)34)30(33-35-5-2)17-14-24-11-7-8-12-24/h6,9-10,13,15-16,18-20,22,24H,4-5,7-8,11-12,14,17,21H2,1-3H3. The summed E-state index contributed by atoms with van der Waals surface area (Å²) < 4.78 is 2.45. The zero-order valence-corrected chi connectivity index (χ0v) is 21.5. The molecule has 1 fully saturated rings. The van der Waals surface area contributed by atoms with E-state index in [9.17, 15) is 0 Å². The molecule has 2 aromatic carbocycles. The Morgan fingerprint density at radius 2 is 1.91 bits per heavy atom. The lowest BCUT2D eigenvalue weighted by molar-refractivity contribution is 0.158. The Hall–Kier alpha value is -3.07. The molecule has 1 saturated carbocycles. The fraction of sp³-hybridized carbons (Fsp3) is 0.406. The van der Waals surface area contributed by atoms with Crippen LogP contribution in [0.15, 0.2) is 59.3 Å². The fourth-order valence-electron chi connectivity index (χ4n) is 5.86. The van der Waals surface area contributed by atoms with Gasteiger partial charge in [0.15, 0.2) is 0 Å². The highest BCUT2D eigenvalue weighted by Gasteiger charge is 2.21. The molecule has 3 aromatic rings. The largest absolute Gasteiger partial charge is 0.396 e. The Labute approximate surface area is 210 Å². The summed E-state index contributed by atoms with van der Waals surface area (Å²) in [6.07, 6.45) is 15.6. The number of aromatic nitrogens is 1. The number of rotatable bonds is 8. The first kappa shape index (κ1) is 23.7. The number of benzene rings is 2. The van der Waals surface area contributed by atoms with Gasteiger partial charge in [0, 0.05) is 35.1 Å². The van der Waals surface area contributed by atoms with E-state index >= 15 is 0 Å². The van der Waals surface area contributed by atoms with Crippen LogP contribution in [0.2, 0.25) is 0 Å². The number of hydrogen-bond donors (Lipinski definition) is 0. The lowest BCUT2D eigenvalue weighted by Crippen LogP contribution is -2.06. The van der Waals surface area contributed by atoms with Crippen LogP contribution in [-0.2, 0) is 17.8 Å². The third-order valence-electron chi connectivity index (χ3n) is 7.80.